The maximum absolute atomic E-state index is 9.97. The van der Waals surface area contributed by atoms with Crippen LogP contribution in [0.25, 0.3) is 0 Å². The SMILES string of the molecule is O=CNc1ccc(Cl)c(Br)n1. The number of nitrogens with zero attached hydrogens (tertiary/aromatic N) is 1. The average Bonchev–Trinajstić information content (AvgIpc) is 1.98. The van der Waals surface area contributed by atoms with Crippen molar-refractivity contribution in [1.29, 1.82) is 0 Å². The minimum Gasteiger partial charge on any atom is -0.313 e. The number of hydrogen-bond acceptors (Lipinski definition) is 2. The van der Waals surface area contributed by atoms with Crippen LogP contribution in [0.5, 0.6) is 0 Å². The molecule has 0 aliphatic carbocycles. The summed E-state index contributed by atoms with van der Waals surface area (Å²) in [5, 5.41) is 2.91. The zero-order chi connectivity index (χ0) is 8.27. The lowest BCUT2D eigenvalue weighted by atomic mass is 10.5. The zero-order valence-electron chi connectivity index (χ0n) is 5.34. The number of halogens is 2. The average molecular weight is 235 g/mol. The van der Waals surface area contributed by atoms with Gasteiger partial charge in [0.05, 0.1) is 5.02 Å². The minimum absolute atomic E-state index is 0.469. The van der Waals surface area contributed by atoms with Gasteiger partial charge in [0.25, 0.3) is 0 Å². The predicted molar refractivity (Wildman–Crippen MR) is 46.6 cm³/mol. The molecular weight excluding hydrogens is 231 g/mol. The van der Waals surface area contributed by atoms with E-state index in [4.69, 9.17) is 11.6 Å². The van der Waals surface area contributed by atoms with Crippen molar-refractivity contribution < 1.29 is 4.79 Å². The molecule has 0 aliphatic rings. The number of nitrogens with one attached hydrogen (secondary N) is 1. The van der Waals surface area contributed by atoms with E-state index < -0.39 is 0 Å². The fourth-order valence-electron chi connectivity index (χ4n) is 0.558. The summed E-state index contributed by atoms with van der Waals surface area (Å²) in [4.78, 5) is 13.9. The van der Waals surface area contributed by atoms with Gasteiger partial charge in [-0.25, -0.2) is 4.98 Å². The quantitative estimate of drug-likeness (QED) is 0.630. The Hall–Kier alpha value is -0.610. The van der Waals surface area contributed by atoms with Crippen molar-refractivity contribution in [2.45, 2.75) is 0 Å². The van der Waals surface area contributed by atoms with Crippen molar-refractivity contribution in [1.82, 2.24) is 4.98 Å². The molecule has 1 amide bonds. The number of anilines is 1. The number of amides is 1. The van der Waals surface area contributed by atoms with Crippen LogP contribution in [0.3, 0.4) is 0 Å². The fraction of sp³-hybridized carbons (Fsp3) is 0. The van der Waals surface area contributed by atoms with Gasteiger partial charge in [-0.15, -0.1) is 0 Å². The standard InChI is InChI=1S/C6H4BrClN2O/c7-6-4(8)1-2-5(10-6)9-3-11/h1-3H,(H,9,10,11). The molecule has 0 radical (unpaired) electrons. The van der Waals surface area contributed by atoms with Crippen LogP contribution in [0.1, 0.15) is 0 Å². The molecule has 1 N–H and O–H groups in total. The number of aromatic nitrogens is 1. The molecule has 11 heavy (non-hydrogen) atoms. The number of rotatable bonds is 2. The van der Waals surface area contributed by atoms with E-state index in [2.05, 4.69) is 26.2 Å². The largest absolute Gasteiger partial charge is 0.313 e. The molecule has 0 bridgehead atoms. The van der Waals surface area contributed by atoms with Crippen molar-refractivity contribution in [3.8, 4) is 0 Å². The van der Waals surface area contributed by atoms with Crippen LogP contribution in [-0.2, 0) is 4.79 Å². The van der Waals surface area contributed by atoms with Crippen LogP contribution in [-0.4, -0.2) is 11.4 Å². The highest BCUT2D eigenvalue weighted by Gasteiger charge is 1.98. The first kappa shape index (κ1) is 8.49. The second-order valence-electron chi connectivity index (χ2n) is 1.73. The van der Waals surface area contributed by atoms with E-state index in [1.54, 1.807) is 12.1 Å². The minimum atomic E-state index is 0.469. The van der Waals surface area contributed by atoms with E-state index in [9.17, 15) is 4.79 Å². The van der Waals surface area contributed by atoms with Gasteiger partial charge in [0.15, 0.2) is 0 Å². The molecule has 3 nitrogen and oxygen atoms in total. The van der Waals surface area contributed by atoms with E-state index in [1.807, 2.05) is 0 Å². The molecule has 1 heterocycles. The molecule has 1 rings (SSSR count). The number of pyridine rings is 1. The van der Waals surface area contributed by atoms with Gasteiger partial charge < -0.3 is 5.32 Å². The highest BCUT2D eigenvalue weighted by Crippen LogP contribution is 2.21. The molecule has 0 atom stereocenters. The normalized spacial score (nSPS) is 9.27. The Kier molecular flexibility index (Phi) is 2.84. The van der Waals surface area contributed by atoms with E-state index in [0.717, 1.165) is 0 Å². The maximum Gasteiger partial charge on any atom is 0.212 e. The van der Waals surface area contributed by atoms with Gasteiger partial charge in [-0.3, -0.25) is 4.79 Å². The summed E-state index contributed by atoms with van der Waals surface area (Å²) >= 11 is 8.77. The zero-order valence-corrected chi connectivity index (χ0v) is 7.69. The van der Waals surface area contributed by atoms with E-state index in [0.29, 0.717) is 21.9 Å². The first-order chi connectivity index (χ1) is 5.24. The first-order valence-electron chi connectivity index (χ1n) is 2.76. The molecule has 0 unspecified atom stereocenters. The van der Waals surface area contributed by atoms with Crippen molar-refractivity contribution in [2.24, 2.45) is 0 Å². The van der Waals surface area contributed by atoms with Crippen molar-refractivity contribution in [3.63, 3.8) is 0 Å². The Labute approximate surface area is 76.9 Å². The molecule has 0 fully saturated rings. The van der Waals surface area contributed by atoms with Gasteiger partial charge >= 0.3 is 0 Å². The Bertz CT molecular complexity index is 279. The third-order valence-corrected chi connectivity index (χ3v) is 2.15. The fourth-order valence-corrected chi connectivity index (χ4v) is 0.987. The second kappa shape index (κ2) is 3.69. The maximum atomic E-state index is 9.97. The number of hydrogen-bond donors (Lipinski definition) is 1. The highest BCUT2D eigenvalue weighted by molar-refractivity contribution is 9.10. The molecular formula is C6H4BrClN2O. The van der Waals surface area contributed by atoms with Crippen molar-refractivity contribution >= 4 is 39.8 Å². The summed E-state index contributed by atoms with van der Waals surface area (Å²) in [5.74, 6) is 0.469. The van der Waals surface area contributed by atoms with Gasteiger partial charge in [-0.05, 0) is 28.1 Å². The lowest BCUT2D eigenvalue weighted by Gasteiger charge is -1.98. The topological polar surface area (TPSA) is 42.0 Å². The molecule has 1 aromatic heterocycles. The predicted octanol–water partition coefficient (Wildman–Crippen LogP) is 2.07. The smallest absolute Gasteiger partial charge is 0.212 e. The molecule has 0 spiro atoms. The molecule has 0 aromatic carbocycles. The van der Waals surface area contributed by atoms with Crippen molar-refractivity contribution in [2.75, 3.05) is 5.32 Å². The van der Waals surface area contributed by atoms with Crippen LogP contribution in [0.4, 0.5) is 5.82 Å². The van der Waals surface area contributed by atoms with Gasteiger partial charge in [0.2, 0.25) is 6.41 Å². The Morgan fingerprint density at radius 1 is 1.64 bits per heavy atom. The molecule has 1 aromatic rings. The first-order valence-corrected chi connectivity index (χ1v) is 3.93. The van der Waals surface area contributed by atoms with Crippen LogP contribution in [0.15, 0.2) is 16.7 Å². The van der Waals surface area contributed by atoms with Crippen LogP contribution >= 0.6 is 27.5 Å². The summed E-state index contributed by atoms with van der Waals surface area (Å²) in [6.07, 6.45) is 0.558. The number of carbonyl (C=O) groups excluding carboxylic acids is 1. The van der Waals surface area contributed by atoms with Crippen LogP contribution in [0, 0.1) is 0 Å². The molecule has 5 heteroatoms. The summed E-state index contributed by atoms with van der Waals surface area (Å²) < 4.78 is 0.519. The van der Waals surface area contributed by atoms with E-state index >= 15 is 0 Å². The van der Waals surface area contributed by atoms with Gasteiger partial charge in [0.1, 0.15) is 10.4 Å². The lowest BCUT2D eigenvalue weighted by Crippen LogP contribution is -1.96. The summed E-state index contributed by atoms with van der Waals surface area (Å²) in [6.45, 7) is 0. The molecule has 0 saturated heterocycles. The Morgan fingerprint density at radius 3 is 2.91 bits per heavy atom. The second-order valence-corrected chi connectivity index (χ2v) is 2.89. The highest BCUT2D eigenvalue weighted by atomic mass is 79.9. The third-order valence-electron chi connectivity index (χ3n) is 1.01. The molecule has 0 aliphatic heterocycles. The van der Waals surface area contributed by atoms with Crippen LogP contribution in [0.2, 0.25) is 5.02 Å². The van der Waals surface area contributed by atoms with Crippen LogP contribution < -0.4 is 5.32 Å². The number of carbonyl (C=O) groups is 1. The molecule has 58 valence electrons. The monoisotopic (exact) mass is 234 g/mol. The third kappa shape index (κ3) is 2.17. The van der Waals surface area contributed by atoms with Gasteiger partial charge in [0, 0.05) is 0 Å². The van der Waals surface area contributed by atoms with E-state index in [1.165, 1.54) is 0 Å². The molecule has 0 saturated carbocycles. The van der Waals surface area contributed by atoms with E-state index in [-0.39, 0.29) is 0 Å². The van der Waals surface area contributed by atoms with Gasteiger partial charge in [-0.1, -0.05) is 11.6 Å². The van der Waals surface area contributed by atoms with Crippen molar-refractivity contribution in [3.05, 3.63) is 21.8 Å². The summed E-state index contributed by atoms with van der Waals surface area (Å²) in [5.41, 5.74) is 0. The Balaban J connectivity index is 2.95. The summed E-state index contributed by atoms with van der Waals surface area (Å²) in [7, 11) is 0. The lowest BCUT2D eigenvalue weighted by molar-refractivity contribution is -0.105. The van der Waals surface area contributed by atoms with Gasteiger partial charge in [-0.2, -0.15) is 0 Å². The summed E-state index contributed by atoms with van der Waals surface area (Å²) in [6, 6.07) is 3.26. The Morgan fingerprint density at radius 2 is 2.36 bits per heavy atom.